The van der Waals surface area contributed by atoms with Gasteiger partial charge in [-0.15, -0.1) is 0 Å². The van der Waals surface area contributed by atoms with Crippen LogP contribution in [0.5, 0.6) is 0 Å². The molecule has 0 spiro atoms. The van der Waals surface area contributed by atoms with E-state index >= 15 is 0 Å². The van der Waals surface area contributed by atoms with Crippen molar-refractivity contribution in [3.63, 3.8) is 0 Å². The lowest BCUT2D eigenvalue weighted by Gasteiger charge is -2.20. The van der Waals surface area contributed by atoms with E-state index in [2.05, 4.69) is 0 Å². The topological polar surface area (TPSA) is 40.5 Å². The standard InChI is InChI=1S/C13H27NO2/c1-5-12(3)13(16)14(4)9-7-6-8-11(2)10-15/h11-12,15H,5-10H2,1-4H3/t11-,12+/m0/s1. The maximum Gasteiger partial charge on any atom is 0.225 e. The largest absolute Gasteiger partial charge is 0.396 e. The van der Waals surface area contributed by atoms with Crippen LogP contribution >= 0.6 is 0 Å². The monoisotopic (exact) mass is 229 g/mol. The minimum Gasteiger partial charge on any atom is -0.396 e. The van der Waals surface area contributed by atoms with E-state index in [-0.39, 0.29) is 18.4 Å². The van der Waals surface area contributed by atoms with Crippen molar-refractivity contribution in [1.82, 2.24) is 4.90 Å². The number of hydrogen-bond acceptors (Lipinski definition) is 2. The first-order valence-electron chi connectivity index (χ1n) is 6.38. The van der Waals surface area contributed by atoms with Crippen molar-refractivity contribution in [2.24, 2.45) is 11.8 Å². The van der Waals surface area contributed by atoms with Gasteiger partial charge < -0.3 is 10.0 Å². The van der Waals surface area contributed by atoms with Crippen molar-refractivity contribution in [3.05, 3.63) is 0 Å². The van der Waals surface area contributed by atoms with E-state index in [9.17, 15) is 4.79 Å². The fraction of sp³-hybridized carbons (Fsp3) is 0.923. The van der Waals surface area contributed by atoms with Gasteiger partial charge in [-0.05, 0) is 25.2 Å². The van der Waals surface area contributed by atoms with Crippen LogP contribution in [0.15, 0.2) is 0 Å². The molecule has 96 valence electrons. The smallest absolute Gasteiger partial charge is 0.225 e. The number of carbonyl (C=O) groups excluding carboxylic acids is 1. The molecule has 0 aliphatic rings. The van der Waals surface area contributed by atoms with Crippen LogP contribution in [0.4, 0.5) is 0 Å². The Balaban J connectivity index is 3.65. The number of carbonyl (C=O) groups is 1. The van der Waals surface area contributed by atoms with Gasteiger partial charge >= 0.3 is 0 Å². The van der Waals surface area contributed by atoms with Gasteiger partial charge in [0.1, 0.15) is 0 Å². The van der Waals surface area contributed by atoms with E-state index in [1.807, 2.05) is 32.7 Å². The van der Waals surface area contributed by atoms with Gasteiger partial charge in [-0.2, -0.15) is 0 Å². The summed E-state index contributed by atoms with van der Waals surface area (Å²) in [5.41, 5.74) is 0. The van der Waals surface area contributed by atoms with Crippen LogP contribution in [0.3, 0.4) is 0 Å². The Morgan fingerprint density at radius 2 is 1.94 bits per heavy atom. The molecule has 0 heterocycles. The Hall–Kier alpha value is -0.570. The Morgan fingerprint density at radius 1 is 1.31 bits per heavy atom. The van der Waals surface area contributed by atoms with Crippen LogP contribution < -0.4 is 0 Å². The molecule has 0 aliphatic carbocycles. The highest BCUT2D eigenvalue weighted by atomic mass is 16.3. The highest BCUT2D eigenvalue weighted by Crippen LogP contribution is 2.09. The predicted octanol–water partition coefficient (Wildman–Crippen LogP) is 2.29. The summed E-state index contributed by atoms with van der Waals surface area (Å²) in [4.78, 5) is 13.6. The molecule has 0 aromatic heterocycles. The number of rotatable bonds is 8. The molecular weight excluding hydrogens is 202 g/mol. The SMILES string of the molecule is CC[C@@H](C)C(=O)N(C)CCCC[C@H](C)CO. The minimum absolute atomic E-state index is 0.140. The summed E-state index contributed by atoms with van der Waals surface area (Å²) in [6, 6.07) is 0. The van der Waals surface area contributed by atoms with Gasteiger partial charge in [0.25, 0.3) is 0 Å². The Labute approximate surface area is 99.8 Å². The number of nitrogens with zero attached hydrogens (tertiary/aromatic N) is 1. The quantitative estimate of drug-likeness (QED) is 0.649. The molecule has 1 amide bonds. The molecule has 3 nitrogen and oxygen atoms in total. The molecule has 0 fully saturated rings. The predicted molar refractivity (Wildman–Crippen MR) is 67.2 cm³/mol. The van der Waals surface area contributed by atoms with E-state index in [0.717, 1.165) is 32.2 Å². The molecule has 0 saturated carbocycles. The Morgan fingerprint density at radius 3 is 2.44 bits per heavy atom. The van der Waals surface area contributed by atoms with E-state index in [4.69, 9.17) is 5.11 Å². The van der Waals surface area contributed by atoms with Gasteiger partial charge in [0, 0.05) is 26.1 Å². The zero-order valence-electron chi connectivity index (χ0n) is 11.2. The molecule has 0 unspecified atom stereocenters. The van der Waals surface area contributed by atoms with Crippen molar-refractivity contribution >= 4 is 5.91 Å². The van der Waals surface area contributed by atoms with Gasteiger partial charge in [-0.3, -0.25) is 4.79 Å². The van der Waals surface area contributed by atoms with Crippen molar-refractivity contribution in [3.8, 4) is 0 Å². The van der Waals surface area contributed by atoms with Crippen molar-refractivity contribution in [2.45, 2.75) is 46.5 Å². The van der Waals surface area contributed by atoms with Gasteiger partial charge in [0.15, 0.2) is 0 Å². The van der Waals surface area contributed by atoms with Crippen molar-refractivity contribution in [1.29, 1.82) is 0 Å². The second-order valence-electron chi connectivity index (χ2n) is 4.85. The van der Waals surface area contributed by atoms with Crippen molar-refractivity contribution in [2.75, 3.05) is 20.2 Å². The Bertz CT molecular complexity index is 194. The summed E-state index contributed by atoms with van der Waals surface area (Å²) >= 11 is 0. The first kappa shape index (κ1) is 15.4. The normalized spacial score (nSPS) is 14.6. The zero-order chi connectivity index (χ0) is 12.6. The first-order chi connectivity index (χ1) is 7.52. The molecule has 0 bridgehead atoms. The summed E-state index contributed by atoms with van der Waals surface area (Å²) in [7, 11) is 1.88. The first-order valence-corrected chi connectivity index (χ1v) is 6.38. The summed E-state index contributed by atoms with van der Waals surface area (Å²) in [6.07, 6.45) is 4.06. The molecule has 0 rings (SSSR count). The number of unbranched alkanes of at least 4 members (excludes halogenated alkanes) is 1. The highest BCUT2D eigenvalue weighted by Gasteiger charge is 2.14. The number of amides is 1. The van der Waals surface area contributed by atoms with Crippen LogP contribution in [0.2, 0.25) is 0 Å². The van der Waals surface area contributed by atoms with E-state index < -0.39 is 0 Å². The summed E-state index contributed by atoms with van der Waals surface area (Å²) in [5.74, 6) is 0.773. The zero-order valence-corrected chi connectivity index (χ0v) is 11.2. The molecular formula is C13H27NO2. The maximum absolute atomic E-state index is 11.7. The van der Waals surface area contributed by atoms with E-state index in [1.54, 1.807) is 0 Å². The van der Waals surface area contributed by atoms with Crippen LogP contribution in [0, 0.1) is 11.8 Å². The highest BCUT2D eigenvalue weighted by molar-refractivity contribution is 5.78. The van der Waals surface area contributed by atoms with Crippen LogP contribution in [0.1, 0.15) is 46.5 Å². The third-order valence-electron chi connectivity index (χ3n) is 3.16. The molecule has 16 heavy (non-hydrogen) atoms. The van der Waals surface area contributed by atoms with Crippen molar-refractivity contribution < 1.29 is 9.90 Å². The second kappa shape index (κ2) is 8.57. The van der Waals surface area contributed by atoms with Crippen LogP contribution in [0.25, 0.3) is 0 Å². The number of aliphatic hydroxyl groups is 1. The summed E-state index contributed by atoms with van der Waals surface area (Å²) in [6.45, 7) is 7.17. The molecule has 0 aromatic carbocycles. The molecule has 0 aromatic rings. The molecule has 1 N–H and O–H groups in total. The molecule has 0 saturated heterocycles. The van der Waals surface area contributed by atoms with E-state index in [0.29, 0.717) is 5.92 Å². The molecule has 0 radical (unpaired) electrons. The minimum atomic E-state index is 0.140. The molecule has 3 heteroatoms. The summed E-state index contributed by atoms with van der Waals surface area (Å²) < 4.78 is 0. The third kappa shape index (κ3) is 6.11. The van der Waals surface area contributed by atoms with Crippen LogP contribution in [-0.4, -0.2) is 36.1 Å². The van der Waals surface area contributed by atoms with Gasteiger partial charge in [0.2, 0.25) is 5.91 Å². The lowest BCUT2D eigenvalue weighted by atomic mass is 10.0. The molecule has 2 atom stereocenters. The van der Waals surface area contributed by atoms with Gasteiger partial charge in [-0.1, -0.05) is 27.2 Å². The summed E-state index contributed by atoms with van der Waals surface area (Å²) in [5, 5.41) is 8.87. The van der Waals surface area contributed by atoms with Gasteiger partial charge in [-0.25, -0.2) is 0 Å². The average molecular weight is 229 g/mol. The second-order valence-corrected chi connectivity index (χ2v) is 4.85. The lowest BCUT2D eigenvalue weighted by molar-refractivity contribution is -0.133. The third-order valence-corrected chi connectivity index (χ3v) is 3.16. The van der Waals surface area contributed by atoms with Crippen LogP contribution in [-0.2, 0) is 4.79 Å². The Kier molecular flexibility index (Phi) is 8.26. The fourth-order valence-electron chi connectivity index (χ4n) is 1.59. The average Bonchev–Trinajstić information content (AvgIpc) is 2.31. The fourth-order valence-corrected chi connectivity index (χ4v) is 1.59. The number of aliphatic hydroxyl groups excluding tert-OH is 1. The number of hydrogen-bond donors (Lipinski definition) is 1. The molecule has 0 aliphatic heterocycles. The van der Waals surface area contributed by atoms with Gasteiger partial charge in [0.05, 0.1) is 0 Å². The van der Waals surface area contributed by atoms with E-state index in [1.165, 1.54) is 0 Å². The maximum atomic E-state index is 11.7. The lowest BCUT2D eigenvalue weighted by Crippen LogP contribution is -2.32.